The Morgan fingerprint density at radius 3 is 1.65 bits per heavy atom. The number of aryl methyl sites for hydroxylation is 4. The van der Waals surface area contributed by atoms with Gasteiger partial charge in [0.05, 0.1) is 0 Å². The molecule has 2 atom stereocenters. The summed E-state index contributed by atoms with van der Waals surface area (Å²) in [6.45, 7) is 12.8. The molecule has 0 amide bonds. The number of rotatable bonds is 3. The van der Waals surface area contributed by atoms with Crippen molar-refractivity contribution in [2.24, 2.45) is 11.8 Å². The van der Waals surface area contributed by atoms with Crippen molar-refractivity contribution in [2.45, 2.75) is 41.5 Å². The average molecular weight is 364 g/mol. The van der Waals surface area contributed by atoms with E-state index >= 15 is 0 Å². The predicted octanol–water partition coefficient (Wildman–Crippen LogP) is 5.96. The van der Waals surface area contributed by atoms with Gasteiger partial charge < -0.3 is 4.57 Å². The number of allylic oxidation sites excluding steroid dienone is 4. The third kappa shape index (κ3) is 3.26. The van der Waals surface area contributed by atoms with Crippen molar-refractivity contribution in [3.8, 4) is 0 Å². The third-order valence-corrected chi connectivity index (χ3v) is 8.94. The molecule has 0 aliphatic heterocycles. The van der Waals surface area contributed by atoms with E-state index in [-0.39, 0.29) is 0 Å². The maximum absolute atomic E-state index is 14.6. The highest BCUT2D eigenvalue weighted by atomic mass is 31.2. The fraction of sp³-hybridized carbons (Fsp3) is 0.333. The molecule has 2 aromatic rings. The van der Waals surface area contributed by atoms with E-state index in [1.807, 2.05) is 0 Å². The highest BCUT2D eigenvalue weighted by molar-refractivity contribution is 7.82. The van der Waals surface area contributed by atoms with E-state index in [0.717, 1.165) is 15.9 Å². The lowest BCUT2D eigenvalue weighted by atomic mass is 9.92. The fourth-order valence-corrected chi connectivity index (χ4v) is 6.36. The molecule has 0 aromatic heterocycles. The molecule has 3 rings (SSSR count). The third-order valence-electron chi connectivity index (χ3n) is 5.91. The highest BCUT2D eigenvalue weighted by Crippen LogP contribution is 2.54. The second-order valence-corrected chi connectivity index (χ2v) is 10.6. The SMILES string of the molecule is Cc1ccc(P(=O)(C2=CC(C)C(C)C=C2)c2ccc(C)c(C)c2)cc1C. The van der Waals surface area contributed by atoms with E-state index in [1.54, 1.807) is 0 Å². The van der Waals surface area contributed by atoms with E-state index in [9.17, 15) is 4.57 Å². The summed E-state index contributed by atoms with van der Waals surface area (Å²) in [6, 6.07) is 12.5. The van der Waals surface area contributed by atoms with Gasteiger partial charge in [-0.15, -0.1) is 0 Å². The minimum Gasteiger partial charge on any atom is -0.309 e. The molecule has 0 radical (unpaired) electrons. The smallest absolute Gasteiger partial charge is 0.170 e. The molecule has 0 saturated heterocycles. The molecule has 2 heteroatoms. The van der Waals surface area contributed by atoms with Crippen LogP contribution in [0.3, 0.4) is 0 Å². The van der Waals surface area contributed by atoms with E-state index < -0.39 is 7.14 Å². The molecule has 0 fully saturated rings. The quantitative estimate of drug-likeness (QED) is 0.614. The van der Waals surface area contributed by atoms with Crippen LogP contribution in [0.5, 0.6) is 0 Å². The number of hydrogen-bond acceptors (Lipinski definition) is 1. The summed E-state index contributed by atoms with van der Waals surface area (Å²) in [5, 5.41) is 2.83. The molecule has 0 bridgehead atoms. The van der Waals surface area contributed by atoms with Crippen LogP contribution in [-0.4, -0.2) is 0 Å². The summed E-state index contributed by atoms with van der Waals surface area (Å²) in [5.41, 5.74) is 4.84. The molecule has 0 N–H and O–H groups in total. The van der Waals surface area contributed by atoms with Crippen LogP contribution in [0.15, 0.2) is 59.9 Å². The molecule has 1 nitrogen and oxygen atoms in total. The number of hydrogen-bond donors (Lipinski definition) is 0. The van der Waals surface area contributed by atoms with E-state index in [2.05, 4.69) is 96.2 Å². The summed E-state index contributed by atoms with van der Waals surface area (Å²) >= 11 is 0. The molecule has 1 aliphatic rings. The van der Waals surface area contributed by atoms with Gasteiger partial charge in [-0.1, -0.05) is 56.3 Å². The van der Waals surface area contributed by atoms with Crippen LogP contribution in [-0.2, 0) is 4.57 Å². The zero-order chi connectivity index (χ0) is 19.1. The van der Waals surface area contributed by atoms with Crippen LogP contribution in [0.1, 0.15) is 36.1 Å². The lowest BCUT2D eigenvalue weighted by Gasteiger charge is -2.27. The predicted molar refractivity (Wildman–Crippen MR) is 114 cm³/mol. The first-order valence-corrected chi connectivity index (χ1v) is 11.1. The van der Waals surface area contributed by atoms with E-state index in [1.165, 1.54) is 22.3 Å². The lowest BCUT2D eigenvalue weighted by Crippen LogP contribution is -2.20. The minimum absolute atomic E-state index is 0.390. The molecular weight excluding hydrogens is 335 g/mol. The Morgan fingerprint density at radius 1 is 0.731 bits per heavy atom. The topological polar surface area (TPSA) is 17.1 Å². The van der Waals surface area contributed by atoms with E-state index in [4.69, 9.17) is 0 Å². The van der Waals surface area contributed by atoms with Crippen LogP contribution in [0, 0.1) is 39.5 Å². The van der Waals surface area contributed by atoms with Crippen LogP contribution in [0.25, 0.3) is 0 Å². The molecule has 136 valence electrons. The van der Waals surface area contributed by atoms with Gasteiger partial charge in [-0.3, -0.25) is 0 Å². The van der Waals surface area contributed by atoms with Crippen molar-refractivity contribution in [2.75, 3.05) is 0 Å². The fourth-order valence-electron chi connectivity index (χ4n) is 3.40. The second kappa shape index (κ2) is 7.05. The van der Waals surface area contributed by atoms with Crippen molar-refractivity contribution >= 4 is 17.8 Å². The Kier molecular flexibility index (Phi) is 5.13. The first-order chi connectivity index (χ1) is 12.2. The maximum atomic E-state index is 14.6. The normalized spacial score (nSPS) is 20.2. The summed E-state index contributed by atoms with van der Waals surface area (Å²) in [4.78, 5) is 0. The van der Waals surface area contributed by atoms with Gasteiger partial charge in [-0.05, 0) is 73.9 Å². The Labute approximate surface area is 158 Å². The van der Waals surface area contributed by atoms with Gasteiger partial charge in [0.15, 0.2) is 7.14 Å². The van der Waals surface area contributed by atoms with Gasteiger partial charge in [0.2, 0.25) is 0 Å². The summed E-state index contributed by atoms with van der Waals surface area (Å²) in [7, 11) is -2.88. The molecule has 26 heavy (non-hydrogen) atoms. The Morgan fingerprint density at radius 2 is 1.23 bits per heavy atom. The summed E-state index contributed by atoms with van der Waals surface area (Å²) in [5.74, 6) is 0.869. The van der Waals surface area contributed by atoms with Gasteiger partial charge in [0, 0.05) is 15.9 Å². The first-order valence-electron chi connectivity index (χ1n) is 9.39. The lowest BCUT2D eigenvalue weighted by molar-refractivity contribution is 0.549. The molecular formula is C24H29OP. The van der Waals surface area contributed by atoms with Gasteiger partial charge in [0.1, 0.15) is 0 Å². The molecule has 2 aromatic carbocycles. The molecule has 0 spiro atoms. The summed E-state index contributed by atoms with van der Waals surface area (Å²) < 4.78 is 14.6. The van der Waals surface area contributed by atoms with Crippen molar-refractivity contribution < 1.29 is 4.57 Å². The zero-order valence-electron chi connectivity index (χ0n) is 16.7. The highest BCUT2D eigenvalue weighted by Gasteiger charge is 2.33. The molecule has 0 saturated carbocycles. The van der Waals surface area contributed by atoms with Crippen molar-refractivity contribution in [1.29, 1.82) is 0 Å². The zero-order valence-corrected chi connectivity index (χ0v) is 17.6. The van der Waals surface area contributed by atoms with Crippen molar-refractivity contribution in [3.05, 3.63) is 82.2 Å². The van der Waals surface area contributed by atoms with Gasteiger partial charge >= 0.3 is 0 Å². The van der Waals surface area contributed by atoms with Crippen molar-refractivity contribution in [3.63, 3.8) is 0 Å². The van der Waals surface area contributed by atoms with Crippen LogP contribution in [0.4, 0.5) is 0 Å². The Hall–Kier alpha value is -1.85. The van der Waals surface area contributed by atoms with Gasteiger partial charge in [0.25, 0.3) is 0 Å². The van der Waals surface area contributed by atoms with Crippen molar-refractivity contribution in [1.82, 2.24) is 0 Å². The van der Waals surface area contributed by atoms with Crippen LogP contribution in [0.2, 0.25) is 0 Å². The molecule has 2 unspecified atom stereocenters. The monoisotopic (exact) mass is 364 g/mol. The van der Waals surface area contributed by atoms with Crippen LogP contribution >= 0.6 is 7.14 Å². The molecule has 1 aliphatic carbocycles. The summed E-state index contributed by atoms with van der Waals surface area (Å²) in [6.07, 6.45) is 6.51. The van der Waals surface area contributed by atoms with Crippen LogP contribution < -0.4 is 10.6 Å². The molecule has 0 heterocycles. The van der Waals surface area contributed by atoms with Gasteiger partial charge in [-0.25, -0.2) is 0 Å². The largest absolute Gasteiger partial charge is 0.309 e. The second-order valence-electron chi connectivity index (χ2n) is 7.82. The Balaban J connectivity index is 2.26. The van der Waals surface area contributed by atoms with Gasteiger partial charge in [-0.2, -0.15) is 0 Å². The first kappa shape index (κ1) is 18.9. The maximum Gasteiger partial charge on any atom is 0.170 e. The number of benzene rings is 2. The van der Waals surface area contributed by atoms with E-state index in [0.29, 0.717) is 11.8 Å². The average Bonchev–Trinajstić information content (AvgIpc) is 2.61. The Bertz CT molecular complexity index is 893. The minimum atomic E-state index is -2.88. The standard InChI is InChI=1S/C24H29OP/c1-16-7-10-22(13-19(16)4)26(25,23-11-8-17(2)20(5)14-23)24-12-9-18(3)21(6)15-24/h7-16,19H,1-6H3.